The number of amidine groups is 1. The van der Waals surface area contributed by atoms with Gasteiger partial charge in [-0.25, -0.2) is 4.99 Å². The summed E-state index contributed by atoms with van der Waals surface area (Å²) in [5.41, 5.74) is 7.04. The molecule has 0 fully saturated rings. The van der Waals surface area contributed by atoms with Gasteiger partial charge in [0.1, 0.15) is 0 Å². The molecule has 0 atom stereocenters. The second kappa shape index (κ2) is 8.31. The van der Waals surface area contributed by atoms with Crippen LogP contribution in [0.3, 0.4) is 0 Å². The lowest BCUT2D eigenvalue weighted by Crippen LogP contribution is -2.11. The molecule has 0 aliphatic carbocycles. The molecule has 0 heterocycles. The van der Waals surface area contributed by atoms with Crippen molar-refractivity contribution >= 4 is 22.6 Å². The fourth-order valence-electron chi connectivity index (χ4n) is 2.66. The Bertz CT molecular complexity index is 870. The minimum Gasteiger partial charge on any atom is -0.378 e. The maximum Gasteiger partial charge on any atom is 0.418 e. The predicted molar refractivity (Wildman–Crippen MR) is 105 cm³/mol. The van der Waals surface area contributed by atoms with E-state index >= 15 is 0 Å². The molecule has 0 spiro atoms. The number of nitrogens with two attached hydrogens (primary N) is 1. The Labute approximate surface area is 159 Å². The molecule has 0 saturated carbocycles. The molecule has 3 aromatic rings. The number of aliphatic imine (C=N–C) groups is 1. The molecule has 2 nitrogen and oxygen atoms in total. The van der Waals surface area contributed by atoms with Gasteiger partial charge in [0, 0.05) is 0 Å². The van der Waals surface area contributed by atoms with Crippen LogP contribution in [-0.2, 0) is 6.18 Å². The molecule has 0 radical (unpaired) electrons. The highest BCUT2D eigenvalue weighted by atomic mass is 32.2. The normalized spacial score (nSPS) is 12.4. The van der Waals surface area contributed by atoms with E-state index in [-0.39, 0.29) is 16.1 Å². The topological polar surface area (TPSA) is 38.4 Å². The fraction of sp³-hybridized carbons (Fsp3) is 0.0952. The van der Waals surface area contributed by atoms with Gasteiger partial charge in [-0.15, -0.1) is 0 Å². The summed E-state index contributed by atoms with van der Waals surface area (Å²) in [6.07, 6.45) is -4.48. The number of hydrogen-bond donors (Lipinski definition) is 1. The molecule has 3 rings (SSSR count). The molecule has 2 N–H and O–H groups in total. The van der Waals surface area contributed by atoms with Gasteiger partial charge in [0.15, 0.2) is 5.17 Å². The van der Waals surface area contributed by atoms with Crippen LogP contribution in [0.15, 0.2) is 89.9 Å². The molecule has 0 bridgehead atoms. The van der Waals surface area contributed by atoms with Gasteiger partial charge < -0.3 is 5.73 Å². The first kappa shape index (κ1) is 19.0. The van der Waals surface area contributed by atoms with Crippen molar-refractivity contribution in [2.45, 2.75) is 11.4 Å². The van der Waals surface area contributed by atoms with Crippen LogP contribution in [0.25, 0.3) is 0 Å². The second-order valence-electron chi connectivity index (χ2n) is 5.78. The highest BCUT2D eigenvalue weighted by Crippen LogP contribution is 2.39. The van der Waals surface area contributed by atoms with E-state index in [1.807, 2.05) is 60.7 Å². The number of halogens is 3. The number of hydrogen-bond acceptors (Lipinski definition) is 2. The van der Waals surface area contributed by atoms with E-state index in [1.54, 1.807) is 0 Å². The summed E-state index contributed by atoms with van der Waals surface area (Å²) in [6, 6.07) is 24.5. The lowest BCUT2D eigenvalue weighted by Gasteiger charge is -2.17. The summed E-state index contributed by atoms with van der Waals surface area (Å²) in [5, 5.41) is -0.0985. The molecule has 0 amide bonds. The van der Waals surface area contributed by atoms with E-state index in [0.29, 0.717) is 0 Å². The summed E-state index contributed by atoms with van der Waals surface area (Å²) in [7, 11) is 0. The van der Waals surface area contributed by atoms with E-state index < -0.39 is 11.7 Å². The van der Waals surface area contributed by atoms with Gasteiger partial charge in [-0.1, -0.05) is 84.6 Å². The summed E-state index contributed by atoms with van der Waals surface area (Å²) >= 11 is 1.23. The van der Waals surface area contributed by atoms with Crippen molar-refractivity contribution in [2.24, 2.45) is 10.7 Å². The second-order valence-corrected chi connectivity index (χ2v) is 6.91. The van der Waals surface area contributed by atoms with Crippen LogP contribution in [0, 0.1) is 0 Å². The van der Waals surface area contributed by atoms with Crippen LogP contribution in [0.2, 0.25) is 0 Å². The van der Waals surface area contributed by atoms with E-state index in [1.165, 1.54) is 30.0 Å². The van der Waals surface area contributed by atoms with Crippen LogP contribution >= 0.6 is 11.8 Å². The average Bonchev–Trinajstić information content (AvgIpc) is 2.67. The lowest BCUT2D eigenvalue weighted by atomic mass is 10.0. The third kappa shape index (κ3) is 4.92. The Morgan fingerprint density at radius 3 is 1.78 bits per heavy atom. The van der Waals surface area contributed by atoms with Crippen molar-refractivity contribution in [1.82, 2.24) is 0 Å². The average molecular weight is 386 g/mol. The maximum absolute atomic E-state index is 13.2. The number of para-hydroxylation sites is 1. The zero-order valence-corrected chi connectivity index (χ0v) is 15.0. The highest BCUT2D eigenvalue weighted by molar-refractivity contribution is 8.14. The van der Waals surface area contributed by atoms with Gasteiger partial charge in [-0.05, 0) is 23.3 Å². The van der Waals surface area contributed by atoms with Crippen molar-refractivity contribution in [3.63, 3.8) is 0 Å². The van der Waals surface area contributed by atoms with Gasteiger partial charge >= 0.3 is 6.18 Å². The number of thioether (sulfide) groups is 1. The molecule has 3 aromatic carbocycles. The number of alkyl halides is 3. The minimum absolute atomic E-state index is 0.0735. The Morgan fingerprint density at radius 1 is 0.778 bits per heavy atom. The zero-order valence-electron chi connectivity index (χ0n) is 14.2. The minimum atomic E-state index is -4.48. The molecule has 0 aromatic heterocycles. The third-order valence-corrected chi connectivity index (χ3v) is 5.00. The number of benzene rings is 3. The summed E-state index contributed by atoms with van der Waals surface area (Å²) in [4.78, 5) is 4.05. The lowest BCUT2D eigenvalue weighted by molar-refractivity contribution is -0.137. The fourth-order valence-corrected chi connectivity index (χ4v) is 3.64. The van der Waals surface area contributed by atoms with Crippen LogP contribution < -0.4 is 5.73 Å². The van der Waals surface area contributed by atoms with Crippen LogP contribution in [0.5, 0.6) is 0 Å². The van der Waals surface area contributed by atoms with Crippen LogP contribution in [-0.4, -0.2) is 5.17 Å². The molecule has 27 heavy (non-hydrogen) atoms. The molecule has 138 valence electrons. The number of nitrogens with zero attached hydrogens (tertiary/aromatic N) is 1. The summed E-state index contributed by atoms with van der Waals surface area (Å²) in [6.45, 7) is 0. The van der Waals surface area contributed by atoms with E-state index in [9.17, 15) is 13.2 Å². The molecule has 0 unspecified atom stereocenters. The highest BCUT2D eigenvalue weighted by Gasteiger charge is 2.33. The molecule has 0 saturated heterocycles. The van der Waals surface area contributed by atoms with E-state index in [2.05, 4.69) is 4.99 Å². The van der Waals surface area contributed by atoms with Gasteiger partial charge in [0.05, 0.1) is 16.5 Å². The Hall–Kier alpha value is -2.73. The Balaban J connectivity index is 1.94. The first-order valence-electron chi connectivity index (χ1n) is 8.22. The van der Waals surface area contributed by atoms with Crippen molar-refractivity contribution < 1.29 is 13.2 Å². The van der Waals surface area contributed by atoms with Gasteiger partial charge in [-0.3, -0.25) is 0 Å². The Kier molecular flexibility index (Phi) is 5.86. The summed E-state index contributed by atoms with van der Waals surface area (Å²) in [5.74, 6) is 0. The molecule has 6 heteroatoms. The van der Waals surface area contributed by atoms with Crippen LogP contribution in [0.1, 0.15) is 21.9 Å². The zero-order chi connectivity index (χ0) is 19.3. The molecule has 0 aliphatic rings. The third-order valence-electron chi connectivity index (χ3n) is 3.88. The Morgan fingerprint density at radius 2 is 1.26 bits per heavy atom. The van der Waals surface area contributed by atoms with Crippen molar-refractivity contribution in [1.29, 1.82) is 0 Å². The monoisotopic (exact) mass is 386 g/mol. The van der Waals surface area contributed by atoms with Crippen molar-refractivity contribution in [2.75, 3.05) is 0 Å². The van der Waals surface area contributed by atoms with Gasteiger partial charge in [0.2, 0.25) is 0 Å². The van der Waals surface area contributed by atoms with E-state index in [0.717, 1.165) is 17.2 Å². The quantitative estimate of drug-likeness (QED) is 0.430. The standard InChI is InChI=1S/C21H17F3N2S/c22-21(23,24)17-13-7-8-14-18(17)26-20(25)27-19(15-9-3-1-4-10-15)16-11-5-2-6-12-16/h1-14,19H,(H2,25,26). The van der Waals surface area contributed by atoms with E-state index in [4.69, 9.17) is 5.73 Å². The first-order valence-corrected chi connectivity index (χ1v) is 9.10. The summed E-state index contributed by atoms with van der Waals surface area (Å²) < 4.78 is 39.5. The predicted octanol–water partition coefficient (Wildman–Crippen LogP) is 6.17. The molecular weight excluding hydrogens is 369 g/mol. The SMILES string of the molecule is NC(=Nc1ccccc1C(F)(F)F)SC(c1ccccc1)c1ccccc1. The molecule has 0 aliphatic heterocycles. The van der Waals surface area contributed by atoms with Gasteiger partial charge in [0.25, 0.3) is 0 Å². The first-order chi connectivity index (χ1) is 12.9. The maximum atomic E-state index is 13.2. The number of rotatable bonds is 4. The van der Waals surface area contributed by atoms with Crippen molar-refractivity contribution in [3.05, 3.63) is 102 Å². The molecular formula is C21H17F3N2S. The smallest absolute Gasteiger partial charge is 0.378 e. The van der Waals surface area contributed by atoms with Gasteiger partial charge in [-0.2, -0.15) is 13.2 Å². The largest absolute Gasteiger partial charge is 0.418 e. The van der Waals surface area contributed by atoms with Crippen molar-refractivity contribution in [3.8, 4) is 0 Å². The van der Waals surface area contributed by atoms with Crippen LogP contribution in [0.4, 0.5) is 18.9 Å².